The summed E-state index contributed by atoms with van der Waals surface area (Å²) < 4.78 is 5.20. The van der Waals surface area contributed by atoms with Crippen LogP contribution in [-0.2, 0) is 4.74 Å². The molecule has 0 aromatic carbocycles. The molecule has 1 heterocycles. The Morgan fingerprint density at radius 2 is 2.00 bits per heavy atom. The number of hydrogen-bond acceptors (Lipinski definition) is 2. The Hall–Kier alpha value is -0.730. The van der Waals surface area contributed by atoms with Crippen LogP contribution in [0, 0.1) is 5.41 Å². The van der Waals surface area contributed by atoms with Crippen molar-refractivity contribution in [1.82, 2.24) is 4.90 Å². The first-order valence-corrected chi connectivity index (χ1v) is 5.98. The molecular formula is C12H23NO2. The van der Waals surface area contributed by atoms with Crippen LogP contribution in [-0.4, -0.2) is 30.2 Å². The lowest BCUT2D eigenvalue weighted by atomic mass is 9.82. The fourth-order valence-electron chi connectivity index (χ4n) is 2.19. The molecule has 1 amide bonds. The predicted octanol–water partition coefficient (Wildman–Crippen LogP) is 3.04. The summed E-state index contributed by atoms with van der Waals surface area (Å²) >= 11 is 0. The Labute approximate surface area is 92.8 Å². The summed E-state index contributed by atoms with van der Waals surface area (Å²) in [6.07, 6.45) is 3.25. The monoisotopic (exact) mass is 213 g/mol. The second kappa shape index (κ2) is 4.86. The van der Waals surface area contributed by atoms with Gasteiger partial charge in [-0.2, -0.15) is 0 Å². The average molecular weight is 213 g/mol. The Morgan fingerprint density at radius 1 is 1.40 bits per heavy atom. The third-order valence-corrected chi connectivity index (χ3v) is 3.53. The molecule has 0 aliphatic carbocycles. The molecule has 1 rings (SSSR count). The highest BCUT2D eigenvalue weighted by molar-refractivity contribution is 5.68. The summed E-state index contributed by atoms with van der Waals surface area (Å²) in [7, 11) is 0. The van der Waals surface area contributed by atoms with E-state index in [2.05, 4.69) is 13.8 Å². The standard InChI is InChI=1S/C12H23NO2/c1-5-12(6-2)7-8-13(9-12)11(14)15-10(3)4/h10H,5-9H2,1-4H3. The number of carbonyl (C=O) groups is 1. The maximum atomic E-state index is 11.7. The van der Waals surface area contributed by atoms with Crippen molar-refractivity contribution in [3.05, 3.63) is 0 Å². The lowest BCUT2D eigenvalue weighted by Crippen LogP contribution is -2.33. The van der Waals surface area contributed by atoms with Gasteiger partial charge in [0.05, 0.1) is 6.10 Å². The largest absolute Gasteiger partial charge is 0.447 e. The highest BCUT2D eigenvalue weighted by atomic mass is 16.6. The maximum absolute atomic E-state index is 11.7. The van der Waals surface area contributed by atoms with E-state index in [-0.39, 0.29) is 12.2 Å². The molecule has 0 N–H and O–H groups in total. The third-order valence-electron chi connectivity index (χ3n) is 3.53. The molecule has 0 radical (unpaired) electrons. The Bertz CT molecular complexity index is 222. The smallest absolute Gasteiger partial charge is 0.410 e. The van der Waals surface area contributed by atoms with Crippen molar-refractivity contribution in [2.24, 2.45) is 5.41 Å². The van der Waals surface area contributed by atoms with E-state index < -0.39 is 0 Å². The molecule has 0 saturated carbocycles. The van der Waals surface area contributed by atoms with Crippen LogP contribution in [0.4, 0.5) is 4.79 Å². The van der Waals surface area contributed by atoms with Gasteiger partial charge in [0, 0.05) is 13.1 Å². The summed E-state index contributed by atoms with van der Waals surface area (Å²) in [5.41, 5.74) is 0.343. The van der Waals surface area contributed by atoms with Crippen LogP contribution in [0.3, 0.4) is 0 Å². The van der Waals surface area contributed by atoms with E-state index in [0.717, 1.165) is 32.4 Å². The molecule has 1 aliphatic rings. The number of ether oxygens (including phenoxy) is 1. The van der Waals surface area contributed by atoms with E-state index in [1.54, 1.807) is 0 Å². The predicted molar refractivity (Wildman–Crippen MR) is 60.8 cm³/mol. The Kier molecular flexibility index (Phi) is 4.00. The van der Waals surface area contributed by atoms with Crippen molar-refractivity contribution in [2.45, 2.75) is 53.1 Å². The molecule has 0 bridgehead atoms. The molecule has 3 nitrogen and oxygen atoms in total. The summed E-state index contributed by atoms with van der Waals surface area (Å²) in [6.45, 7) is 9.92. The molecule has 0 spiro atoms. The van der Waals surface area contributed by atoms with Gasteiger partial charge in [0.1, 0.15) is 0 Å². The molecule has 1 fully saturated rings. The van der Waals surface area contributed by atoms with Gasteiger partial charge in [0.15, 0.2) is 0 Å². The van der Waals surface area contributed by atoms with E-state index in [0.29, 0.717) is 5.41 Å². The fourth-order valence-corrected chi connectivity index (χ4v) is 2.19. The zero-order valence-corrected chi connectivity index (χ0v) is 10.4. The van der Waals surface area contributed by atoms with E-state index in [4.69, 9.17) is 4.74 Å². The van der Waals surface area contributed by atoms with E-state index in [9.17, 15) is 4.79 Å². The number of likely N-dealkylation sites (tertiary alicyclic amines) is 1. The molecule has 0 aromatic heterocycles. The van der Waals surface area contributed by atoms with E-state index >= 15 is 0 Å². The minimum Gasteiger partial charge on any atom is -0.447 e. The SMILES string of the molecule is CCC1(CC)CCN(C(=O)OC(C)C)C1. The van der Waals surface area contributed by atoms with Gasteiger partial charge < -0.3 is 9.64 Å². The maximum Gasteiger partial charge on any atom is 0.410 e. The first-order valence-electron chi connectivity index (χ1n) is 5.98. The van der Waals surface area contributed by atoms with Crippen LogP contribution in [0.15, 0.2) is 0 Å². The van der Waals surface area contributed by atoms with Gasteiger partial charge >= 0.3 is 6.09 Å². The quantitative estimate of drug-likeness (QED) is 0.721. The van der Waals surface area contributed by atoms with Crippen molar-refractivity contribution in [3.63, 3.8) is 0 Å². The van der Waals surface area contributed by atoms with Crippen molar-refractivity contribution >= 4 is 6.09 Å². The molecule has 0 unspecified atom stereocenters. The first-order chi connectivity index (χ1) is 7.03. The minimum atomic E-state index is -0.145. The molecule has 15 heavy (non-hydrogen) atoms. The second-order valence-corrected chi connectivity index (χ2v) is 4.81. The van der Waals surface area contributed by atoms with Gasteiger partial charge in [0.25, 0.3) is 0 Å². The molecule has 1 saturated heterocycles. The number of carbonyl (C=O) groups excluding carboxylic acids is 1. The zero-order valence-electron chi connectivity index (χ0n) is 10.4. The molecule has 0 aromatic rings. The van der Waals surface area contributed by atoms with Gasteiger partial charge in [-0.25, -0.2) is 4.79 Å². The van der Waals surface area contributed by atoms with Gasteiger partial charge in [-0.15, -0.1) is 0 Å². The van der Waals surface area contributed by atoms with Crippen molar-refractivity contribution < 1.29 is 9.53 Å². The lowest BCUT2D eigenvalue weighted by Gasteiger charge is -2.26. The third kappa shape index (κ3) is 2.86. The first kappa shape index (κ1) is 12.3. The number of amides is 1. The van der Waals surface area contributed by atoms with Gasteiger partial charge in [-0.05, 0) is 38.5 Å². The highest BCUT2D eigenvalue weighted by Crippen LogP contribution is 2.37. The summed E-state index contributed by atoms with van der Waals surface area (Å²) in [6, 6.07) is 0. The Balaban J connectivity index is 2.51. The minimum absolute atomic E-state index is 0.0178. The van der Waals surface area contributed by atoms with Crippen LogP contribution >= 0.6 is 0 Å². The summed E-state index contributed by atoms with van der Waals surface area (Å²) in [4.78, 5) is 13.5. The van der Waals surface area contributed by atoms with Gasteiger partial charge in [-0.1, -0.05) is 13.8 Å². The number of hydrogen-bond donors (Lipinski definition) is 0. The summed E-state index contributed by atoms with van der Waals surface area (Å²) in [5.74, 6) is 0. The van der Waals surface area contributed by atoms with Crippen LogP contribution in [0.1, 0.15) is 47.0 Å². The number of rotatable bonds is 3. The molecule has 0 atom stereocenters. The zero-order chi connectivity index (χ0) is 11.5. The van der Waals surface area contributed by atoms with Gasteiger partial charge in [0.2, 0.25) is 0 Å². The van der Waals surface area contributed by atoms with Crippen LogP contribution < -0.4 is 0 Å². The average Bonchev–Trinajstić information content (AvgIpc) is 2.62. The second-order valence-electron chi connectivity index (χ2n) is 4.81. The summed E-state index contributed by atoms with van der Waals surface area (Å²) in [5, 5.41) is 0. The molecule has 1 aliphatic heterocycles. The normalized spacial score (nSPS) is 19.7. The lowest BCUT2D eigenvalue weighted by molar-refractivity contribution is 0.0793. The molecule has 3 heteroatoms. The topological polar surface area (TPSA) is 29.5 Å². The molecular weight excluding hydrogens is 190 g/mol. The van der Waals surface area contributed by atoms with E-state index in [1.807, 2.05) is 18.7 Å². The Morgan fingerprint density at radius 3 is 2.40 bits per heavy atom. The number of nitrogens with zero attached hydrogens (tertiary/aromatic N) is 1. The van der Waals surface area contributed by atoms with Crippen molar-refractivity contribution in [2.75, 3.05) is 13.1 Å². The van der Waals surface area contributed by atoms with Crippen LogP contribution in [0.25, 0.3) is 0 Å². The molecule has 88 valence electrons. The van der Waals surface area contributed by atoms with Gasteiger partial charge in [-0.3, -0.25) is 0 Å². The fraction of sp³-hybridized carbons (Fsp3) is 0.917. The van der Waals surface area contributed by atoms with Crippen molar-refractivity contribution in [3.8, 4) is 0 Å². The van der Waals surface area contributed by atoms with Crippen LogP contribution in [0.5, 0.6) is 0 Å². The highest BCUT2D eigenvalue weighted by Gasteiger charge is 2.37. The van der Waals surface area contributed by atoms with E-state index in [1.165, 1.54) is 0 Å². The van der Waals surface area contributed by atoms with Crippen LogP contribution in [0.2, 0.25) is 0 Å². The van der Waals surface area contributed by atoms with Crippen molar-refractivity contribution in [1.29, 1.82) is 0 Å².